The molecule has 3 rings (SSSR count). The topological polar surface area (TPSA) is 81.4 Å². The molecule has 1 aliphatic rings. The summed E-state index contributed by atoms with van der Waals surface area (Å²) in [5.74, 6) is 0.512. The minimum Gasteiger partial charge on any atom is -0.396 e. The van der Waals surface area contributed by atoms with Gasteiger partial charge in [0.05, 0.1) is 18.8 Å². The standard InChI is InChI=1S/C22H27ClN2O4/c1-2-29-12-8-20-24-19(16-3-5-17(23)6-4-16)13-21(28)25(20)14-18(27)7-9-22(15-26)10-11-22/h3-6,13,26H,2,7-12,14-15H2,1H3. The van der Waals surface area contributed by atoms with E-state index >= 15 is 0 Å². The maximum Gasteiger partial charge on any atom is 0.254 e. The van der Waals surface area contributed by atoms with Gasteiger partial charge < -0.3 is 9.84 Å². The summed E-state index contributed by atoms with van der Waals surface area (Å²) in [4.78, 5) is 30.0. The van der Waals surface area contributed by atoms with E-state index in [1.54, 1.807) is 12.1 Å². The number of carbonyl (C=O) groups is 1. The lowest BCUT2D eigenvalue weighted by Gasteiger charge is -2.15. The zero-order valence-electron chi connectivity index (χ0n) is 16.7. The first-order chi connectivity index (χ1) is 14.0. The molecule has 0 atom stereocenters. The molecule has 0 bridgehead atoms. The molecule has 0 unspecified atom stereocenters. The molecule has 29 heavy (non-hydrogen) atoms. The van der Waals surface area contributed by atoms with E-state index in [9.17, 15) is 14.7 Å². The van der Waals surface area contributed by atoms with Crippen LogP contribution in [0.3, 0.4) is 0 Å². The van der Waals surface area contributed by atoms with Crippen LogP contribution >= 0.6 is 11.6 Å². The quantitative estimate of drug-likeness (QED) is 0.566. The van der Waals surface area contributed by atoms with Crippen molar-refractivity contribution in [2.75, 3.05) is 19.8 Å². The maximum absolute atomic E-state index is 12.8. The Labute approximate surface area is 175 Å². The number of hydrogen-bond donors (Lipinski definition) is 1. The molecule has 1 aromatic heterocycles. The van der Waals surface area contributed by atoms with Gasteiger partial charge in [0.25, 0.3) is 5.56 Å². The summed E-state index contributed by atoms with van der Waals surface area (Å²) in [5, 5.41) is 10.0. The van der Waals surface area contributed by atoms with Crippen LogP contribution in [0.5, 0.6) is 0 Å². The number of Topliss-reactive ketones (excluding diaryl/α,β-unsaturated/α-hetero) is 1. The van der Waals surface area contributed by atoms with Crippen LogP contribution in [0.25, 0.3) is 11.3 Å². The third-order valence-corrected chi connectivity index (χ3v) is 5.71. The van der Waals surface area contributed by atoms with Crippen molar-refractivity contribution < 1.29 is 14.6 Å². The summed E-state index contributed by atoms with van der Waals surface area (Å²) < 4.78 is 6.87. The highest BCUT2D eigenvalue weighted by atomic mass is 35.5. The number of rotatable bonds is 11. The third kappa shape index (κ3) is 5.75. The third-order valence-electron chi connectivity index (χ3n) is 5.46. The Morgan fingerprint density at radius 1 is 1.31 bits per heavy atom. The Hall–Kier alpha value is -2.02. The number of nitrogens with zero attached hydrogens (tertiary/aromatic N) is 2. The number of ether oxygens (including phenoxy) is 1. The lowest BCUT2D eigenvalue weighted by Crippen LogP contribution is -2.29. The molecular weight excluding hydrogens is 392 g/mol. The second-order valence-electron chi connectivity index (χ2n) is 7.63. The molecule has 1 N–H and O–H groups in total. The minimum absolute atomic E-state index is 0.00427. The molecule has 0 amide bonds. The van der Waals surface area contributed by atoms with Crippen molar-refractivity contribution in [2.45, 2.75) is 45.6 Å². The van der Waals surface area contributed by atoms with Gasteiger partial charge in [0, 0.05) is 42.7 Å². The summed E-state index contributed by atoms with van der Waals surface area (Å²) in [7, 11) is 0. The van der Waals surface area contributed by atoms with E-state index in [2.05, 4.69) is 4.98 Å². The fourth-order valence-corrected chi connectivity index (χ4v) is 3.44. The van der Waals surface area contributed by atoms with Crippen molar-refractivity contribution in [1.82, 2.24) is 9.55 Å². The van der Waals surface area contributed by atoms with Crippen molar-refractivity contribution in [3.8, 4) is 11.3 Å². The monoisotopic (exact) mass is 418 g/mol. The summed E-state index contributed by atoms with van der Waals surface area (Å²) in [6, 6.07) is 8.59. The van der Waals surface area contributed by atoms with E-state index in [4.69, 9.17) is 16.3 Å². The first kappa shape index (κ1) is 21.7. The van der Waals surface area contributed by atoms with Crippen molar-refractivity contribution in [2.24, 2.45) is 5.41 Å². The van der Waals surface area contributed by atoms with Crippen LogP contribution in [-0.4, -0.2) is 40.3 Å². The van der Waals surface area contributed by atoms with Gasteiger partial charge in [-0.15, -0.1) is 0 Å². The highest BCUT2D eigenvalue weighted by Crippen LogP contribution is 2.49. The van der Waals surface area contributed by atoms with E-state index in [1.165, 1.54) is 10.6 Å². The predicted octanol–water partition coefficient (Wildman–Crippen LogP) is 3.26. The van der Waals surface area contributed by atoms with Crippen molar-refractivity contribution in [3.63, 3.8) is 0 Å². The molecular formula is C22H27ClN2O4. The second kappa shape index (κ2) is 9.65. The molecule has 6 nitrogen and oxygen atoms in total. The average molecular weight is 419 g/mol. The van der Waals surface area contributed by atoms with Gasteiger partial charge in [-0.1, -0.05) is 23.7 Å². The molecule has 1 saturated carbocycles. The van der Waals surface area contributed by atoms with E-state index < -0.39 is 0 Å². The first-order valence-corrected chi connectivity index (χ1v) is 10.4. The Kier molecular flexibility index (Phi) is 7.22. The van der Waals surface area contributed by atoms with Crippen LogP contribution in [0.2, 0.25) is 5.02 Å². The number of benzene rings is 1. The zero-order chi connectivity index (χ0) is 20.9. The number of carbonyl (C=O) groups excluding carboxylic acids is 1. The Morgan fingerprint density at radius 3 is 2.66 bits per heavy atom. The van der Waals surface area contributed by atoms with Gasteiger partial charge in [0.2, 0.25) is 0 Å². The molecule has 0 spiro atoms. The zero-order valence-corrected chi connectivity index (χ0v) is 17.5. The van der Waals surface area contributed by atoms with Gasteiger partial charge >= 0.3 is 0 Å². The van der Waals surface area contributed by atoms with E-state index in [0.717, 1.165) is 18.4 Å². The summed E-state index contributed by atoms with van der Waals surface area (Å²) >= 11 is 5.95. The van der Waals surface area contributed by atoms with Crippen molar-refractivity contribution in [1.29, 1.82) is 0 Å². The Morgan fingerprint density at radius 2 is 2.03 bits per heavy atom. The molecule has 0 aliphatic heterocycles. The Bertz CT molecular complexity index is 904. The molecule has 1 aromatic carbocycles. The van der Waals surface area contributed by atoms with E-state index in [0.29, 0.717) is 49.0 Å². The van der Waals surface area contributed by atoms with Gasteiger partial charge in [0.15, 0.2) is 5.78 Å². The summed E-state index contributed by atoms with van der Waals surface area (Å²) in [6.07, 6.45) is 3.40. The van der Waals surface area contributed by atoms with Crippen molar-refractivity contribution in [3.05, 3.63) is 51.5 Å². The van der Waals surface area contributed by atoms with Crippen LogP contribution in [0, 0.1) is 5.41 Å². The molecule has 1 fully saturated rings. The van der Waals surface area contributed by atoms with Crippen LogP contribution in [0.15, 0.2) is 35.1 Å². The normalized spacial score (nSPS) is 14.7. The summed E-state index contributed by atoms with van der Waals surface area (Å²) in [5.41, 5.74) is 1.02. The van der Waals surface area contributed by atoms with Crippen LogP contribution in [0.4, 0.5) is 0 Å². The smallest absolute Gasteiger partial charge is 0.254 e. The largest absolute Gasteiger partial charge is 0.396 e. The highest BCUT2D eigenvalue weighted by molar-refractivity contribution is 6.30. The lowest BCUT2D eigenvalue weighted by atomic mass is 9.99. The van der Waals surface area contributed by atoms with E-state index in [1.807, 2.05) is 19.1 Å². The fraction of sp³-hybridized carbons (Fsp3) is 0.500. The van der Waals surface area contributed by atoms with Crippen molar-refractivity contribution >= 4 is 17.4 Å². The summed E-state index contributed by atoms with van der Waals surface area (Å²) in [6.45, 7) is 3.02. The predicted molar refractivity (Wildman–Crippen MR) is 112 cm³/mol. The van der Waals surface area contributed by atoms with Gasteiger partial charge in [-0.2, -0.15) is 0 Å². The molecule has 7 heteroatoms. The van der Waals surface area contributed by atoms with Gasteiger partial charge in [-0.05, 0) is 43.7 Å². The SMILES string of the molecule is CCOCCc1nc(-c2ccc(Cl)cc2)cc(=O)n1CC(=O)CCC1(CO)CC1. The van der Waals surface area contributed by atoms with Crippen LogP contribution in [0.1, 0.15) is 38.4 Å². The first-order valence-electron chi connectivity index (χ1n) is 10.0. The number of aromatic nitrogens is 2. The van der Waals surface area contributed by atoms with Crippen LogP contribution < -0.4 is 5.56 Å². The van der Waals surface area contributed by atoms with E-state index in [-0.39, 0.29) is 29.9 Å². The molecule has 0 radical (unpaired) electrons. The number of aliphatic hydroxyl groups excluding tert-OH is 1. The maximum atomic E-state index is 12.8. The average Bonchev–Trinajstić information content (AvgIpc) is 3.50. The minimum atomic E-state index is -0.256. The molecule has 1 aliphatic carbocycles. The molecule has 156 valence electrons. The molecule has 1 heterocycles. The van der Waals surface area contributed by atoms with Gasteiger partial charge in [0.1, 0.15) is 5.82 Å². The number of ketones is 1. The Balaban J connectivity index is 1.81. The lowest BCUT2D eigenvalue weighted by molar-refractivity contribution is -0.120. The number of aliphatic hydroxyl groups is 1. The molecule has 2 aromatic rings. The number of hydrogen-bond acceptors (Lipinski definition) is 5. The highest BCUT2D eigenvalue weighted by Gasteiger charge is 2.41. The molecule has 0 saturated heterocycles. The fourth-order valence-electron chi connectivity index (χ4n) is 3.31. The van der Waals surface area contributed by atoms with Gasteiger partial charge in [-0.25, -0.2) is 4.98 Å². The van der Waals surface area contributed by atoms with Crippen LogP contribution in [-0.2, 0) is 22.5 Å². The second-order valence-corrected chi connectivity index (χ2v) is 8.07. The number of halogens is 1. The van der Waals surface area contributed by atoms with Gasteiger partial charge in [-0.3, -0.25) is 14.2 Å².